The zero-order chi connectivity index (χ0) is 9.90. The van der Waals surface area contributed by atoms with Crippen molar-refractivity contribution in [3.8, 4) is 0 Å². The Labute approximate surface area is 78.7 Å². The van der Waals surface area contributed by atoms with Crippen LogP contribution in [0.15, 0.2) is 43.1 Å². The molecule has 2 nitrogen and oxygen atoms in total. The lowest BCUT2D eigenvalue weighted by atomic mass is 10.2. The number of amides is 1. The average molecular weight is 176 g/mol. The van der Waals surface area contributed by atoms with Gasteiger partial charge in [0.2, 0.25) is 0 Å². The number of quaternary nitrogens is 1. The van der Waals surface area contributed by atoms with Gasteiger partial charge in [-0.15, -0.1) is 0 Å². The quantitative estimate of drug-likeness (QED) is 0.632. The minimum Gasteiger partial charge on any atom is -0.230 e. The topological polar surface area (TPSA) is 17.1 Å². The molecule has 0 fully saturated rings. The molecule has 0 spiro atoms. The Morgan fingerprint density at radius 3 is 2.31 bits per heavy atom. The van der Waals surface area contributed by atoms with Crippen LogP contribution in [0.2, 0.25) is 0 Å². The molecule has 1 aromatic carbocycles. The van der Waals surface area contributed by atoms with Crippen LogP contribution in [-0.2, 0) is 4.79 Å². The van der Waals surface area contributed by atoms with Crippen LogP contribution < -0.4 is 4.48 Å². The van der Waals surface area contributed by atoms with E-state index in [1.807, 2.05) is 37.4 Å². The summed E-state index contributed by atoms with van der Waals surface area (Å²) in [6.07, 6.45) is 1.64. The minimum absolute atomic E-state index is 0.0567. The van der Waals surface area contributed by atoms with Crippen LogP contribution in [0.3, 0.4) is 0 Å². The van der Waals surface area contributed by atoms with Crippen molar-refractivity contribution in [1.82, 2.24) is 4.48 Å². The highest BCUT2D eigenvalue weighted by Gasteiger charge is 2.26. The van der Waals surface area contributed by atoms with Crippen LogP contribution in [0, 0.1) is 0 Å². The molecule has 0 aromatic heterocycles. The highest BCUT2D eigenvalue weighted by atomic mass is 16.2. The maximum atomic E-state index is 11.4. The molecule has 1 aromatic rings. The molecular weight excluding hydrogens is 162 g/mol. The minimum atomic E-state index is 0.0567. The number of carbonyl (C=O) groups is 1. The van der Waals surface area contributed by atoms with E-state index >= 15 is 0 Å². The Morgan fingerprint density at radius 2 is 1.92 bits per heavy atom. The van der Waals surface area contributed by atoms with Crippen molar-refractivity contribution in [3.05, 3.63) is 43.1 Å². The van der Waals surface area contributed by atoms with Gasteiger partial charge in [0.05, 0.1) is 14.0 Å². The summed E-state index contributed by atoms with van der Waals surface area (Å²) in [5.41, 5.74) is 0.935. The van der Waals surface area contributed by atoms with Crippen LogP contribution in [0.25, 0.3) is 0 Å². The first-order chi connectivity index (χ1) is 6.11. The molecule has 1 unspecified atom stereocenters. The molecule has 0 radical (unpaired) electrons. The van der Waals surface area contributed by atoms with Crippen LogP contribution in [0.5, 0.6) is 0 Å². The van der Waals surface area contributed by atoms with Gasteiger partial charge in [-0.1, -0.05) is 18.2 Å². The fourth-order valence-corrected chi connectivity index (χ4v) is 1.15. The monoisotopic (exact) mass is 176 g/mol. The van der Waals surface area contributed by atoms with Crippen molar-refractivity contribution in [3.63, 3.8) is 0 Å². The number of para-hydroxylation sites is 1. The van der Waals surface area contributed by atoms with Gasteiger partial charge in [-0.25, -0.2) is 9.28 Å². The summed E-state index contributed by atoms with van der Waals surface area (Å²) in [6.45, 7) is 5.25. The van der Waals surface area contributed by atoms with E-state index in [2.05, 4.69) is 6.58 Å². The molecule has 0 saturated heterocycles. The first-order valence-corrected chi connectivity index (χ1v) is 4.18. The van der Waals surface area contributed by atoms with Gasteiger partial charge >= 0.3 is 5.91 Å². The van der Waals surface area contributed by atoms with Crippen molar-refractivity contribution in [1.29, 1.82) is 0 Å². The highest BCUT2D eigenvalue weighted by molar-refractivity contribution is 5.87. The van der Waals surface area contributed by atoms with E-state index < -0.39 is 0 Å². The molecule has 2 heteroatoms. The largest absolute Gasteiger partial charge is 0.319 e. The lowest BCUT2D eigenvalue weighted by molar-refractivity contribution is -0.124. The second-order valence-electron chi connectivity index (χ2n) is 3.11. The zero-order valence-electron chi connectivity index (χ0n) is 8.03. The third-order valence-electron chi connectivity index (χ3n) is 2.31. The third-order valence-corrected chi connectivity index (χ3v) is 2.31. The Bertz CT molecular complexity index is 318. The van der Waals surface area contributed by atoms with Gasteiger partial charge < -0.3 is 0 Å². The first-order valence-electron chi connectivity index (χ1n) is 4.18. The maximum Gasteiger partial charge on any atom is 0.319 e. The summed E-state index contributed by atoms with van der Waals surface area (Å²) in [4.78, 5) is 11.4. The van der Waals surface area contributed by atoms with Crippen molar-refractivity contribution < 1.29 is 4.79 Å². The predicted octanol–water partition coefficient (Wildman–Crippen LogP) is 2.31. The summed E-state index contributed by atoms with van der Waals surface area (Å²) in [5, 5.41) is 0. The Kier molecular flexibility index (Phi) is 2.63. The van der Waals surface area contributed by atoms with Crippen LogP contribution in [0.1, 0.15) is 6.92 Å². The molecule has 1 atom stereocenters. The van der Waals surface area contributed by atoms with Crippen molar-refractivity contribution >= 4 is 11.6 Å². The predicted molar refractivity (Wildman–Crippen MR) is 55.0 cm³/mol. The van der Waals surface area contributed by atoms with Gasteiger partial charge in [-0.2, -0.15) is 0 Å². The van der Waals surface area contributed by atoms with E-state index in [1.165, 1.54) is 0 Å². The zero-order valence-corrected chi connectivity index (χ0v) is 8.03. The van der Waals surface area contributed by atoms with E-state index in [0.717, 1.165) is 5.69 Å². The van der Waals surface area contributed by atoms with Crippen molar-refractivity contribution in [2.75, 3.05) is 7.05 Å². The molecule has 0 N–H and O–H groups in total. The maximum absolute atomic E-state index is 11.4. The molecule has 0 saturated carbocycles. The number of hydrogen-bond donors (Lipinski definition) is 0. The SMILES string of the molecule is C=C[N+](C)(C(C)=O)c1ccccc1. The molecule has 0 aliphatic rings. The Morgan fingerprint density at radius 1 is 1.38 bits per heavy atom. The van der Waals surface area contributed by atoms with Gasteiger partial charge in [0.25, 0.3) is 0 Å². The van der Waals surface area contributed by atoms with E-state index in [1.54, 1.807) is 13.1 Å². The Balaban J connectivity index is 3.18. The molecule has 0 aliphatic carbocycles. The fraction of sp³-hybridized carbons (Fsp3) is 0.182. The molecule has 13 heavy (non-hydrogen) atoms. The van der Waals surface area contributed by atoms with Crippen molar-refractivity contribution in [2.24, 2.45) is 0 Å². The van der Waals surface area contributed by atoms with Crippen LogP contribution in [0.4, 0.5) is 5.69 Å². The number of hydrogen-bond acceptors (Lipinski definition) is 1. The smallest absolute Gasteiger partial charge is 0.230 e. The summed E-state index contributed by atoms with van der Waals surface area (Å²) in [7, 11) is 1.82. The van der Waals surface area contributed by atoms with Gasteiger partial charge in [0.1, 0.15) is 11.9 Å². The fourth-order valence-electron chi connectivity index (χ4n) is 1.15. The number of rotatable bonds is 2. The standard InChI is InChI=1S/C11H14NO/c1-4-12(3,10(2)13)11-8-6-5-7-9-11/h4-9H,1H2,2-3H3/q+1. The normalized spacial score (nSPS) is 14.6. The second-order valence-corrected chi connectivity index (χ2v) is 3.11. The number of benzene rings is 1. The number of nitrogens with zero attached hydrogens (tertiary/aromatic N) is 1. The molecule has 0 bridgehead atoms. The van der Waals surface area contributed by atoms with Gasteiger partial charge in [-0.3, -0.25) is 0 Å². The van der Waals surface area contributed by atoms with E-state index in [9.17, 15) is 4.79 Å². The molecule has 68 valence electrons. The second kappa shape index (κ2) is 3.54. The summed E-state index contributed by atoms with van der Waals surface area (Å²) < 4.78 is 0.140. The van der Waals surface area contributed by atoms with Crippen LogP contribution in [-0.4, -0.2) is 13.0 Å². The van der Waals surface area contributed by atoms with Gasteiger partial charge in [0.15, 0.2) is 0 Å². The number of carbonyl (C=O) groups excluding carboxylic acids is 1. The van der Waals surface area contributed by atoms with Crippen LogP contribution >= 0.6 is 0 Å². The van der Waals surface area contributed by atoms with Gasteiger partial charge in [0, 0.05) is 12.1 Å². The molecular formula is C11H14NO+. The highest BCUT2D eigenvalue weighted by Crippen LogP contribution is 2.20. The summed E-state index contributed by atoms with van der Waals surface area (Å²) in [6, 6.07) is 9.60. The summed E-state index contributed by atoms with van der Waals surface area (Å²) in [5.74, 6) is 0.0567. The van der Waals surface area contributed by atoms with E-state index in [4.69, 9.17) is 0 Å². The first kappa shape index (κ1) is 9.68. The third kappa shape index (κ3) is 1.68. The average Bonchev–Trinajstić information content (AvgIpc) is 2.17. The molecule has 0 aliphatic heterocycles. The van der Waals surface area contributed by atoms with E-state index in [-0.39, 0.29) is 10.4 Å². The lowest BCUT2D eigenvalue weighted by Gasteiger charge is -2.24. The molecule has 1 rings (SSSR count). The Hall–Kier alpha value is -1.41. The summed E-state index contributed by atoms with van der Waals surface area (Å²) >= 11 is 0. The van der Waals surface area contributed by atoms with Crippen molar-refractivity contribution in [2.45, 2.75) is 6.92 Å². The van der Waals surface area contributed by atoms with Gasteiger partial charge in [-0.05, 0) is 6.58 Å². The van der Waals surface area contributed by atoms with E-state index in [0.29, 0.717) is 0 Å². The molecule has 1 amide bonds. The lowest BCUT2D eigenvalue weighted by Crippen LogP contribution is -2.43. The molecule has 0 heterocycles.